The average Bonchev–Trinajstić information content (AvgIpc) is 2.70. The van der Waals surface area contributed by atoms with Crippen LogP contribution in [0.2, 0.25) is 0 Å². The van der Waals surface area contributed by atoms with E-state index in [0.717, 1.165) is 47.5 Å². The first-order chi connectivity index (χ1) is 13.6. The molecule has 1 aliphatic heterocycles. The van der Waals surface area contributed by atoms with Crippen molar-refractivity contribution in [3.05, 3.63) is 94.5 Å². The lowest BCUT2D eigenvalue weighted by Crippen LogP contribution is -2.21. The van der Waals surface area contributed by atoms with Gasteiger partial charge in [-0.05, 0) is 60.1 Å². The minimum atomic E-state index is -0.0536. The molecule has 3 nitrogen and oxygen atoms in total. The lowest BCUT2D eigenvalue weighted by Gasteiger charge is -2.26. The number of hydrogen-bond acceptors (Lipinski definition) is 2. The fourth-order valence-electron chi connectivity index (χ4n) is 3.95. The second-order valence-corrected chi connectivity index (χ2v) is 7.67. The van der Waals surface area contributed by atoms with Crippen LogP contribution in [-0.2, 0) is 6.42 Å². The number of amides is 1. The first-order valence-corrected chi connectivity index (χ1v) is 9.93. The van der Waals surface area contributed by atoms with Gasteiger partial charge < -0.3 is 10.6 Å². The molecule has 4 rings (SSSR count). The second kappa shape index (κ2) is 7.89. The lowest BCUT2D eigenvalue weighted by atomic mass is 9.89. The standard InChI is InChI=1S/C25H26N2O/c1-17-14-21-18(2)12-13-26-24(21)22(15-17)25(28)27-23-11-7-6-10-20(23)16-19-8-4-3-5-9-19/h3-11,14-15,18,26H,12-13,16H2,1-2H3,(H,27,28). The number of carbonyl (C=O) groups is 1. The maximum atomic E-state index is 13.2. The van der Waals surface area contributed by atoms with Gasteiger partial charge >= 0.3 is 0 Å². The quantitative estimate of drug-likeness (QED) is 0.613. The number of rotatable bonds is 4. The fourth-order valence-corrected chi connectivity index (χ4v) is 3.95. The molecule has 3 aromatic carbocycles. The number of benzene rings is 3. The maximum Gasteiger partial charge on any atom is 0.257 e. The minimum Gasteiger partial charge on any atom is -0.384 e. The van der Waals surface area contributed by atoms with Crippen molar-refractivity contribution < 1.29 is 4.79 Å². The molecule has 0 radical (unpaired) electrons. The van der Waals surface area contributed by atoms with Gasteiger partial charge in [0.25, 0.3) is 5.91 Å². The van der Waals surface area contributed by atoms with Gasteiger partial charge in [-0.3, -0.25) is 4.79 Å². The van der Waals surface area contributed by atoms with E-state index in [1.165, 1.54) is 11.1 Å². The van der Waals surface area contributed by atoms with E-state index in [2.05, 4.69) is 48.7 Å². The first kappa shape index (κ1) is 18.3. The Labute approximate surface area is 166 Å². The third-order valence-electron chi connectivity index (χ3n) is 5.47. The van der Waals surface area contributed by atoms with Gasteiger partial charge in [0.1, 0.15) is 0 Å². The van der Waals surface area contributed by atoms with Crippen molar-refractivity contribution in [2.45, 2.75) is 32.6 Å². The number of hydrogen-bond donors (Lipinski definition) is 2. The normalized spacial score (nSPS) is 15.4. The summed E-state index contributed by atoms with van der Waals surface area (Å²) in [5.74, 6) is 0.412. The fraction of sp³-hybridized carbons (Fsp3) is 0.240. The van der Waals surface area contributed by atoms with Gasteiger partial charge in [0, 0.05) is 12.2 Å². The number of carbonyl (C=O) groups excluding carboxylic acids is 1. The third kappa shape index (κ3) is 3.79. The van der Waals surface area contributed by atoms with E-state index in [4.69, 9.17) is 0 Å². The third-order valence-corrected chi connectivity index (χ3v) is 5.47. The summed E-state index contributed by atoms with van der Waals surface area (Å²) < 4.78 is 0. The summed E-state index contributed by atoms with van der Waals surface area (Å²) in [7, 11) is 0. The molecule has 1 aliphatic rings. The summed E-state index contributed by atoms with van der Waals surface area (Å²) in [5.41, 5.74) is 7.30. The molecule has 0 aliphatic carbocycles. The highest BCUT2D eigenvalue weighted by molar-refractivity contribution is 6.09. The number of aryl methyl sites for hydroxylation is 1. The molecular formula is C25H26N2O. The molecule has 0 spiro atoms. The molecule has 0 bridgehead atoms. The highest BCUT2D eigenvalue weighted by atomic mass is 16.1. The molecule has 1 atom stereocenters. The van der Waals surface area contributed by atoms with E-state index >= 15 is 0 Å². The van der Waals surface area contributed by atoms with Crippen molar-refractivity contribution in [1.29, 1.82) is 0 Å². The van der Waals surface area contributed by atoms with Crippen molar-refractivity contribution in [3.63, 3.8) is 0 Å². The topological polar surface area (TPSA) is 41.1 Å². The smallest absolute Gasteiger partial charge is 0.257 e. The molecule has 3 aromatic rings. The van der Waals surface area contributed by atoms with E-state index in [-0.39, 0.29) is 5.91 Å². The zero-order chi connectivity index (χ0) is 19.5. The van der Waals surface area contributed by atoms with Gasteiger partial charge in [-0.25, -0.2) is 0 Å². The molecule has 1 unspecified atom stereocenters. The van der Waals surface area contributed by atoms with Gasteiger partial charge in [-0.1, -0.05) is 61.5 Å². The highest BCUT2D eigenvalue weighted by Gasteiger charge is 2.23. The Morgan fingerprint density at radius 3 is 2.64 bits per heavy atom. The van der Waals surface area contributed by atoms with Crippen LogP contribution < -0.4 is 10.6 Å². The molecule has 0 fully saturated rings. The van der Waals surface area contributed by atoms with E-state index in [1.54, 1.807) is 0 Å². The number of nitrogens with one attached hydrogen (secondary N) is 2. The number of anilines is 2. The molecular weight excluding hydrogens is 344 g/mol. The maximum absolute atomic E-state index is 13.2. The molecule has 142 valence electrons. The van der Waals surface area contributed by atoms with Crippen LogP contribution in [0.5, 0.6) is 0 Å². The van der Waals surface area contributed by atoms with Gasteiger partial charge in [0.15, 0.2) is 0 Å². The summed E-state index contributed by atoms with van der Waals surface area (Å²) in [6.07, 6.45) is 1.88. The highest BCUT2D eigenvalue weighted by Crippen LogP contribution is 2.35. The van der Waals surface area contributed by atoms with Crippen molar-refractivity contribution in [1.82, 2.24) is 0 Å². The van der Waals surface area contributed by atoms with Gasteiger partial charge in [-0.2, -0.15) is 0 Å². The van der Waals surface area contributed by atoms with Crippen LogP contribution in [0.15, 0.2) is 66.7 Å². The molecule has 3 heteroatoms. The Morgan fingerprint density at radius 2 is 1.82 bits per heavy atom. The van der Waals surface area contributed by atoms with Crippen LogP contribution in [0.4, 0.5) is 11.4 Å². The van der Waals surface area contributed by atoms with Gasteiger partial charge in [0.2, 0.25) is 0 Å². The minimum absolute atomic E-state index is 0.0536. The summed E-state index contributed by atoms with van der Waals surface area (Å²) >= 11 is 0. The molecule has 0 saturated heterocycles. The van der Waals surface area contributed by atoms with Crippen molar-refractivity contribution >= 4 is 17.3 Å². The number of para-hydroxylation sites is 1. The summed E-state index contributed by atoms with van der Waals surface area (Å²) in [6.45, 7) is 5.19. The first-order valence-electron chi connectivity index (χ1n) is 9.93. The average molecular weight is 370 g/mol. The molecule has 0 aromatic heterocycles. The monoisotopic (exact) mass is 370 g/mol. The molecule has 2 N–H and O–H groups in total. The Bertz CT molecular complexity index is 995. The predicted octanol–water partition coefficient (Wildman–Crippen LogP) is 5.76. The van der Waals surface area contributed by atoms with Crippen LogP contribution in [-0.4, -0.2) is 12.5 Å². The van der Waals surface area contributed by atoms with E-state index in [0.29, 0.717) is 5.92 Å². The zero-order valence-corrected chi connectivity index (χ0v) is 16.5. The van der Waals surface area contributed by atoms with E-state index in [9.17, 15) is 4.79 Å². The van der Waals surface area contributed by atoms with Gasteiger partial charge in [-0.15, -0.1) is 0 Å². The second-order valence-electron chi connectivity index (χ2n) is 7.67. The van der Waals surface area contributed by atoms with Gasteiger partial charge in [0.05, 0.1) is 11.3 Å². The zero-order valence-electron chi connectivity index (χ0n) is 16.5. The van der Waals surface area contributed by atoms with Crippen LogP contribution in [0.1, 0.15) is 51.9 Å². The summed E-state index contributed by atoms with van der Waals surface area (Å²) in [5, 5.41) is 6.61. The molecule has 1 heterocycles. The molecule has 1 amide bonds. The Kier molecular flexibility index (Phi) is 5.16. The van der Waals surface area contributed by atoms with Crippen molar-refractivity contribution in [2.24, 2.45) is 0 Å². The largest absolute Gasteiger partial charge is 0.384 e. The summed E-state index contributed by atoms with van der Waals surface area (Å²) in [6, 6.07) is 22.6. The number of fused-ring (bicyclic) bond motifs is 1. The Hall–Kier alpha value is -3.07. The molecule has 28 heavy (non-hydrogen) atoms. The Balaban J connectivity index is 1.63. The van der Waals surface area contributed by atoms with Crippen LogP contribution in [0, 0.1) is 6.92 Å². The van der Waals surface area contributed by atoms with Crippen molar-refractivity contribution in [2.75, 3.05) is 17.2 Å². The van der Waals surface area contributed by atoms with Crippen LogP contribution >= 0.6 is 0 Å². The van der Waals surface area contributed by atoms with E-state index < -0.39 is 0 Å². The summed E-state index contributed by atoms with van der Waals surface area (Å²) in [4.78, 5) is 13.2. The lowest BCUT2D eigenvalue weighted by molar-refractivity contribution is 0.102. The van der Waals surface area contributed by atoms with Crippen molar-refractivity contribution in [3.8, 4) is 0 Å². The Morgan fingerprint density at radius 1 is 1.07 bits per heavy atom. The van der Waals surface area contributed by atoms with E-state index in [1.807, 2.05) is 42.5 Å². The predicted molar refractivity (Wildman–Crippen MR) is 116 cm³/mol. The van der Waals surface area contributed by atoms with Crippen LogP contribution in [0.3, 0.4) is 0 Å². The van der Waals surface area contributed by atoms with Crippen LogP contribution in [0.25, 0.3) is 0 Å². The molecule has 0 saturated carbocycles. The SMILES string of the molecule is Cc1cc(C(=O)Nc2ccccc2Cc2ccccc2)c2c(c1)C(C)CCN2.